The smallest absolute Gasteiger partial charge is 0.334 e. The molecule has 0 aromatic rings. The number of carbonyl (C=O) groups is 1. The Bertz CT molecular complexity index is 228. The molecule has 2 unspecified atom stereocenters. The third kappa shape index (κ3) is 1.38. The number of ether oxygens (including phenoxy) is 1. The average molecular weight is 168 g/mol. The molecule has 0 bridgehead atoms. The predicted molar refractivity (Wildman–Crippen MR) is 47.7 cm³/mol. The van der Waals surface area contributed by atoms with E-state index in [4.69, 9.17) is 4.74 Å². The number of hydrogen-bond acceptors (Lipinski definition) is 2. The van der Waals surface area contributed by atoms with Gasteiger partial charge in [-0.3, -0.25) is 0 Å². The fourth-order valence-electron chi connectivity index (χ4n) is 1.42. The highest BCUT2D eigenvalue weighted by Gasteiger charge is 2.31. The van der Waals surface area contributed by atoms with Crippen LogP contribution < -0.4 is 0 Å². The molecule has 0 aliphatic carbocycles. The van der Waals surface area contributed by atoms with Crippen molar-refractivity contribution < 1.29 is 9.53 Å². The second-order valence-electron chi connectivity index (χ2n) is 3.52. The van der Waals surface area contributed by atoms with E-state index in [0.29, 0.717) is 5.92 Å². The van der Waals surface area contributed by atoms with Crippen molar-refractivity contribution in [3.05, 3.63) is 11.1 Å². The van der Waals surface area contributed by atoms with Crippen LogP contribution in [0.15, 0.2) is 11.1 Å². The van der Waals surface area contributed by atoms with Gasteiger partial charge in [0.1, 0.15) is 6.10 Å². The zero-order chi connectivity index (χ0) is 9.30. The normalized spacial score (nSPS) is 26.0. The molecule has 68 valence electrons. The summed E-state index contributed by atoms with van der Waals surface area (Å²) in [7, 11) is 0. The quantitative estimate of drug-likeness (QED) is 0.591. The van der Waals surface area contributed by atoms with Gasteiger partial charge < -0.3 is 4.74 Å². The third-order valence-electron chi connectivity index (χ3n) is 2.72. The summed E-state index contributed by atoms with van der Waals surface area (Å²) < 4.78 is 5.23. The number of hydrogen-bond donors (Lipinski definition) is 0. The molecular formula is C10H16O2. The summed E-state index contributed by atoms with van der Waals surface area (Å²) in [5.74, 6) is 0.296. The Labute approximate surface area is 73.6 Å². The molecule has 1 heterocycles. The molecule has 0 saturated heterocycles. The average Bonchev–Trinajstić information content (AvgIpc) is 2.32. The lowest BCUT2D eigenvalue weighted by Crippen LogP contribution is -2.19. The molecule has 0 fully saturated rings. The third-order valence-corrected chi connectivity index (χ3v) is 2.72. The fraction of sp³-hybridized carbons (Fsp3) is 0.700. The van der Waals surface area contributed by atoms with Gasteiger partial charge in [0, 0.05) is 5.57 Å². The maximum Gasteiger partial charge on any atom is 0.334 e. The zero-order valence-electron chi connectivity index (χ0n) is 8.18. The topological polar surface area (TPSA) is 26.3 Å². The summed E-state index contributed by atoms with van der Waals surface area (Å²) in [5.41, 5.74) is 1.90. The van der Waals surface area contributed by atoms with E-state index < -0.39 is 0 Å². The van der Waals surface area contributed by atoms with Crippen molar-refractivity contribution in [3.63, 3.8) is 0 Å². The van der Waals surface area contributed by atoms with Crippen molar-refractivity contribution in [2.24, 2.45) is 5.92 Å². The first kappa shape index (κ1) is 9.30. The summed E-state index contributed by atoms with van der Waals surface area (Å²) in [4.78, 5) is 11.1. The SMILES string of the molecule is CCC(C)C1OC(=O)C(C)=C1C. The van der Waals surface area contributed by atoms with Crippen LogP contribution in [-0.2, 0) is 9.53 Å². The van der Waals surface area contributed by atoms with Crippen molar-refractivity contribution in [2.45, 2.75) is 40.2 Å². The van der Waals surface area contributed by atoms with Crippen LogP contribution in [-0.4, -0.2) is 12.1 Å². The first-order chi connectivity index (χ1) is 5.57. The second-order valence-corrected chi connectivity index (χ2v) is 3.52. The van der Waals surface area contributed by atoms with E-state index in [-0.39, 0.29) is 12.1 Å². The molecule has 0 N–H and O–H groups in total. The lowest BCUT2D eigenvalue weighted by Gasteiger charge is -2.17. The molecule has 0 amide bonds. The summed E-state index contributed by atoms with van der Waals surface area (Å²) in [5, 5.41) is 0. The van der Waals surface area contributed by atoms with E-state index in [9.17, 15) is 4.79 Å². The van der Waals surface area contributed by atoms with Gasteiger partial charge in [-0.05, 0) is 31.8 Å². The van der Waals surface area contributed by atoms with Gasteiger partial charge in [-0.15, -0.1) is 0 Å². The first-order valence-electron chi connectivity index (χ1n) is 4.46. The van der Waals surface area contributed by atoms with E-state index in [2.05, 4.69) is 13.8 Å². The number of rotatable bonds is 2. The Balaban J connectivity index is 2.80. The largest absolute Gasteiger partial charge is 0.454 e. The van der Waals surface area contributed by atoms with E-state index >= 15 is 0 Å². The molecule has 2 heteroatoms. The van der Waals surface area contributed by atoms with Gasteiger partial charge in [-0.2, -0.15) is 0 Å². The van der Waals surface area contributed by atoms with Gasteiger partial charge in [-0.1, -0.05) is 13.8 Å². The summed E-state index contributed by atoms with van der Waals surface area (Å²) in [6, 6.07) is 0. The number of carbonyl (C=O) groups excluding carboxylic acids is 1. The highest BCUT2D eigenvalue weighted by atomic mass is 16.5. The van der Waals surface area contributed by atoms with E-state index in [1.807, 2.05) is 13.8 Å². The molecule has 0 spiro atoms. The zero-order valence-corrected chi connectivity index (χ0v) is 8.18. The molecule has 1 rings (SSSR count). The molecule has 0 aromatic carbocycles. The molecule has 1 aliphatic rings. The predicted octanol–water partition coefficient (Wildman–Crippen LogP) is 2.29. The van der Waals surface area contributed by atoms with Crippen molar-refractivity contribution >= 4 is 5.97 Å². The highest BCUT2D eigenvalue weighted by molar-refractivity contribution is 5.91. The lowest BCUT2D eigenvalue weighted by molar-refractivity contribution is -0.141. The van der Waals surface area contributed by atoms with E-state index in [1.165, 1.54) is 0 Å². The highest BCUT2D eigenvalue weighted by Crippen LogP contribution is 2.28. The summed E-state index contributed by atoms with van der Waals surface area (Å²) in [6.07, 6.45) is 1.07. The molecule has 0 aromatic heterocycles. The van der Waals surface area contributed by atoms with Crippen LogP contribution in [0.2, 0.25) is 0 Å². The van der Waals surface area contributed by atoms with Crippen molar-refractivity contribution in [1.29, 1.82) is 0 Å². The van der Waals surface area contributed by atoms with Gasteiger partial charge in [0.05, 0.1) is 0 Å². The molecule has 2 nitrogen and oxygen atoms in total. The summed E-state index contributed by atoms with van der Waals surface area (Å²) in [6.45, 7) is 8.04. The van der Waals surface area contributed by atoms with Crippen LogP contribution in [0.25, 0.3) is 0 Å². The first-order valence-corrected chi connectivity index (χ1v) is 4.46. The molecule has 0 radical (unpaired) electrons. The Morgan fingerprint density at radius 3 is 2.42 bits per heavy atom. The molecule has 12 heavy (non-hydrogen) atoms. The van der Waals surface area contributed by atoms with Crippen molar-refractivity contribution in [1.82, 2.24) is 0 Å². The lowest BCUT2D eigenvalue weighted by atomic mass is 9.95. The monoisotopic (exact) mass is 168 g/mol. The number of cyclic esters (lactones) is 1. The van der Waals surface area contributed by atoms with Gasteiger partial charge in [-0.25, -0.2) is 4.79 Å². The number of esters is 1. The molecule has 1 aliphatic heterocycles. The van der Waals surface area contributed by atoms with E-state index in [1.54, 1.807) is 0 Å². The Kier molecular flexibility index (Phi) is 2.55. The molecular weight excluding hydrogens is 152 g/mol. The van der Waals surface area contributed by atoms with Crippen LogP contribution in [0.3, 0.4) is 0 Å². The van der Waals surface area contributed by atoms with Crippen LogP contribution >= 0.6 is 0 Å². The van der Waals surface area contributed by atoms with Crippen LogP contribution in [0.5, 0.6) is 0 Å². The standard InChI is InChI=1S/C10H16O2/c1-5-6(2)9-7(3)8(4)10(11)12-9/h6,9H,5H2,1-4H3. The Hall–Kier alpha value is -0.790. The molecule has 2 atom stereocenters. The Morgan fingerprint density at radius 2 is 2.08 bits per heavy atom. The van der Waals surface area contributed by atoms with Crippen LogP contribution in [0, 0.1) is 5.92 Å². The minimum atomic E-state index is -0.141. The van der Waals surface area contributed by atoms with Crippen molar-refractivity contribution in [3.8, 4) is 0 Å². The maximum absolute atomic E-state index is 11.1. The molecule has 0 saturated carbocycles. The minimum Gasteiger partial charge on any atom is -0.454 e. The second kappa shape index (κ2) is 3.30. The van der Waals surface area contributed by atoms with Gasteiger partial charge >= 0.3 is 5.97 Å². The summed E-state index contributed by atoms with van der Waals surface area (Å²) >= 11 is 0. The van der Waals surface area contributed by atoms with E-state index in [0.717, 1.165) is 17.6 Å². The van der Waals surface area contributed by atoms with Crippen LogP contribution in [0.4, 0.5) is 0 Å². The van der Waals surface area contributed by atoms with Gasteiger partial charge in [0.25, 0.3) is 0 Å². The fourth-order valence-corrected chi connectivity index (χ4v) is 1.42. The Morgan fingerprint density at radius 1 is 1.50 bits per heavy atom. The van der Waals surface area contributed by atoms with Crippen molar-refractivity contribution in [2.75, 3.05) is 0 Å². The maximum atomic E-state index is 11.1. The minimum absolute atomic E-state index is 0.0301. The van der Waals surface area contributed by atoms with Gasteiger partial charge in [0.15, 0.2) is 0 Å². The van der Waals surface area contributed by atoms with Gasteiger partial charge in [0.2, 0.25) is 0 Å². The van der Waals surface area contributed by atoms with Crippen LogP contribution in [0.1, 0.15) is 34.1 Å².